The number of hydrogen-bond acceptors (Lipinski definition) is 2. The minimum Gasteiger partial charge on any atom is -0.396 e. The Morgan fingerprint density at radius 2 is 2.00 bits per heavy atom. The normalized spacial score (nSPS) is 44.6. The van der Waals surface area contributed by atoms with Gasteiger partial charge in [0.2, 0.25) is 0 Å². The molecular weight excluding hydrogens is 139 g/mol. The summed E-state index contributed by atoms with van der Waals surface area (Å²) in [6, 6.07) is 0. The van der Waals surface area contributed by atoms with E-state index in [0.29, 0.717) is 11.8 Å². The lowest BCUT2D eigenvalue weighted by Gasteiger charge is -2.18. The third-order valence-corrected chi connectivity index (χ3v) is 2.99. The Hall–Kier alpha value is -0.0151. The highest BCUT2D eigenvalue weighted by molar-refractivity contribution is 6.12. The maximum absolute atomic E-state index is 8.96. The van der Waals surface area contributed by atoms with E-state index in [0.717, 1.165) is 6.42 Å². The van der Waals surface area contributed by atoms with Gasteiger partial charge in [0.05, 0.1) is 7.85 Å². The van der Waals surface area contributed by atoms with Crippen molar-refractivity contribution in [1.82, 2.24) is 0 Å². The maximum Gasteiger partial charge on any atom is 0.0704 e. The van der Waals surface area contributed by atoms with Gasteiger partial charge in [-0.15, -0.1) is 0 Å². The molecule has 0 aromatic rings. The Labute approximate surface area is 69.0 Å². The fraction of sp³-hybridized carbons (Fsp3) is 1.00. The van der Waals surface area contributed by atoms with E-state index in [4.69, 9.17) is 18.1 Å². The molecule has 0 aromatic carbocycles. The molecule has 2 nitrogen and oxygen atoms in total. The molecule has 0 saturated heterocycles. The van der Waals surface area contributed by atoms with Gasteiger partial charge in [-0.2, -0.15) is 0 Å². The molecule has 2 radical (unpaired) electrons. The third kappa shape index (κ3) is 1.59. The second-order valence-corrected chi connectivity index (χ2v) is 3.55. The minimum atomic E-state index is 0.0761. The first-order valence-electron chi connectivity index (χ1n) is 4.18. The van der Waals surface area contributed by atoms with Crippen molar-refractivity contribution in [3.63, 3.8) is 0 Å². The van der Waals surface area contributed by atoms with Crippen molar-refractivity contribution in [2.24, 2.45) is 17.8 Å². The molecule has 0 bridgehead atoms. The van der Waals surface area contributed by atoms with Gasteiger partial charge in [0.15, 0.2) is 0 Å². The first kappa shape index (κ1) is 9.08. The van der Waals surface area contributed by atoms with E-state index in [-0.39, 0.29) is 24.9 Å². The molecule has 1 saturated carbocycles. The van der Waals surface area contributed by atoms with Crippen LogP contribution in [-0.2, 0) is 0 Å². The summed E-state index contributed by atoms with van der Waals surface area (Å²) in [6.07, 6.45) is 0.850. The molecule has 1 fully saturated rings. The summed E-state index contributed by atoms with van der Waals surface area (Å²) < 4.78 is 0. The molecule has 62 valence electrons. The van der Waals surface area contributed by atoms with Crippen molar-refractivity contribution >= 4 is 7.85 Å². The fourth-order valence-corrected chi connectivity index (χ4v) is 2.02. The smallest absolute Gasteiger partial charge is 0.0704 e. The first-order chi connectivity index (χ1) is 5.20. The van der Waals surface area contributed by atoms with Crippen LogP contribution in [0.1, 0.15) is 13.3 Å². The lowest BCUT2D eigenvalue weighted by atomic mass is 9.77. The van der Waals surface area contributed by atoms with E-state index >= 15 is 0 Å². The molecule has 4 atom stereocenters. The summed E-state index contributed by atoms with van der Waals surface area (Å²) in [5.74, 6) is 0.918. The molecule has 1 aliphatic carbocycles. The summed E-state index contributed by atoms with van der Waals surface area (Å²) in [5.41, 5.74) is 0. The lowest BCUT2D eigenvalue weighted by molar-refractivity contribution is 0.154. The molecule has 0 amide bonds. The summed E-state index contributed by atoms with van der Waals surface area (Å²) in [7, 11) is 5.77. The predicted octanol–water partition coefficient (Wildman–Crippen LogP) is 0.200. The SMILES string of the molecule is [B][C@H]1C[C@@H](CO)C(C)C1CO. The number of hydrogen-bond donors (Lipinski definition) is 2. The monoisotopic (exact) mass is 154 g/mol. The predicted molar refractivity (Wildman–Crippen MR) is 44.4 cm³/mol. The first-order valence-corrected chi connectivity index (χ1v) is 4.18. The van der Waals surface area contributed by atoms with Crippen LogP contribution in [0.4, 0.5) is 0 Å². The average molecular weight is 154 g/mol. The third-order valence-electron chi connectivity index (χ3n) is 2.99. The molecule has 11 heavy (non-hydrogen) atoms. The van der Waals surface area contributed by atoms with E-state index in [1.165, 1.54) is 0 Å². The van der Waals surface area contributed by atoms with Crippen LogP contribution in [0.2, 0.25) is 5.82 Å². The largest absolute Gasteiger partial charge is 0.396 e. The van der Waals surface area contributed by atoms with E-state index < -0.39 is 0 Å². The molecule has 0 aromatic heterocycles. The van der Waals surface area contributed by atoms with Crippen molar-refractivity contribution in [1.29, 1.82) is 0 Å². The lowest BCUT2D eigenvalue weighted by Crippen LogP contribution is -2.18. The van der Waals surface area contributed by atoms with Crippen molar-refractivity contribution in [3.05, 3.63) is 0 Å². The summed E-state index contributed by atoms with van der Waals surface area (Å²) in [4.78, 5) is 0. The highest BCUT2D eigenvalue weighted by Crippen LogP contribution is 2.42. The fourth-order valence-electron chi connectivity index (χ4n) is 2.02. The van der Waals surface area contributed by atoms with Gasteiger partial charge in [-0.3, -0.25) is 0 Å². The Morgan fingerprint density at radius 1 is 1.36 bits per heavy atom. The van der Waals surface area contributed by atoms with Crippen LogP contribution >= 0.6 is 0 Å². The molecular formula is C8H15BO2. The van der Waals surface area contributed by atoms with Crippen LogP contribution in [0.15, 0.2) is 0 Å². The van der Waals surface area contributed by atoms with Crippen molar-refractivity contribution in [2.45, 2.75) is 19.2 Å². The standard InChI is InChI=1S/C8H15BO2/c1-5-6(3-10)2-8(9)7(5)4-11/h5-8,10-11H,2-4H2,1H3/t5?,6-,7?,8-/m0/s1. The Morgan fingerprint density at radius 3 is 2.27 bits per heavy atom. The zero-order valence-electron chi connectivity index (χ0n) is 6.90. The summed E-state index contributed by atoms with van der Waals surface area (Å²) >= 11 is 0. The van der Waals surface area contributed by atoms with Gasteiger partial charge >= 0.3 is 0 Å². The van der Waals surface area contributed by atoms with Crippen LogP contribution < -0.4 is 0 Å². The highest BCUT2D eigenvalue weighted by Gasteiger charge is 2.36. The number of aliphatic hydroxyl groups is 2. The molecule has 2 N–H and O–H groups in total. The molecule has 2 unspecified atom stereocenters. The van der Waals surface area contributed by atoms with Gasteiger partial charge in [-0.05, 0) is 17.8 Å². The zero-order chi connectivity index (χ0) is 8.43. The molecule has 0 aliphatic heterocycles. The summed E-state index contributed by atoms with van der Waals surface area (Å²) in [5, 5.41) is 17.9. The quantitative estimate of drug-likeness (QED) is 0.557. The van der Waals surface area contributed by atoms with Gasteiger partial charge in [-0.25, -0.2) is 0 Å². The Bertz CT molecular complexity index is 129. The van der Waals surface area contributed by atoms with Crippen LogP contribution in [0.5, 0.6) is 0 Å². The van der Waals surface area contributed by atoms with Crippen molar-refractivity contribution in [2.75, 3.05) is 13.2 Å². The van der Waals surface area contributed by atoms with Crippen molar-refractivity contribution in [3.8, 4) is 0 Å². The van der Waals surface area contributed by atoms with Crippen LogP contribution in [-0.4, -0.2) is 31.3 Å². The number of rotatable bonds is 2. The van der Waals surface area contributed by atoms with E-state index in [1.54, 1.807) is 0 Å². The van der Waals surface area contributed by atoms with Gasteiger partial charge in [-0.1, -0.05) is 19.2 Å². The topological polar surface area (TPSA) is 40.5 Å². The van der Waals surface area contributed by atoms with Crippen LogP contribution in [0, 0.1) is 17.8 Å². The summed E-state index contributed by atoms with van der Waals surface area (Å²) in [6.45, 7) is 2.40. The highest BCUT2D eigenvalue weighted by atomic mass is 16.3. The minimum absolute atomic E-state index is 0.0761. The Kier molecular flexibility index (Phi) is 2.96. The number of aliphatic hydroxyl groups excluding tert-OH is 2. The molecule has 1 rings (SSSR count). The van der Waals surface area contributed by atoms with Crippen molar-refractivity contribution < 1.29 is 10.2 Å². The Balaban J connectivity index is 2.55. The molecule has 3 heteroatoms. The van der Waals surface area contributed by atoms with E-state index in [9.17, 15) is 0 Å². The van der Waals surface area contributed by atoms with Gasteiger partial charge in [0.25, 0.3) is 0 Å². The molecule has 1 aliphatic rings. The van der Waals surface area contributed by atoms with Gasteiger partial charge in [0, 0.05) is 13.2 Å². The van der Waals surface area contributed by atoms with Gasteiger partial charge in [0.1, 0.15) is 0 Å². The molecule has 0 heterocycles. The maximum atomic E-state index is 8.96. The van der Waals surface area contributed by atoms with Gasteiger partial charge < -0.3 is 10.2 Å². The molecule has 0 spiro atoms. The van der Waals surface area contributed by atoms with E-state index in [2.05, 4.69) is 6.92 Å². The second kappa shape index (κ2) is 3.59. The average Bonchev–Trinajstić information content (AvgIpc) is 2.26. The second-order valence-electron chi connectivity index (χ2n) is 3.55. The van der Waals surface area contributed by atoms with Crippen LogP contribution in [0.25, 0.3) is 0 Å². The van der Waals surface area contributed by atoms with E-state index in [1.807, 2.05) is 0 Å². The van der Waals surface area contributed by atoms with Crippen LogP contribution in [0.3, 0.4) is 0 Å². The zero-order valence-corrected chi connectivity index (χ0v) is 6.90.